The summed E-state index contributed by atoms with van der Waals surface area (Å²) in [6.07, 6.45) is 4.57. The van der Waals surface area contributed by atoms with Crippen LogP contribution in [-0.2, 0) is 13.0 Å². The molecule has 0 bridgehead atoms. The van der Waals surface area contributed by atoms with Crippen molar-refractivity contribution in [3.05, 3.63) is 47.9 Å². The lowest BCUT2D eigenvalue weighted by Crippen LogP contribution is -2.16. The molecule has 0 atom stereocenters. The summed E-state index contributed by atoms with van der Waals surface area (Å²) in [5.41, 5.74) is 9.02. The number of fused-ring (bicyclic) bond motifs is 1. The van der Waals surface area contributed by atoms with Gasteiger partial charge in [-0.3, -0.25) is 4.98 Å². The molecular formula is C13H14N4. The minimum atomic E-state index is 0.427. The molecule has 0 aliphatic carbocycles. The van der Waals surface area contributed by atoms with Gasteiger partial charge in [0.1, 0.15) is 0 Å². The molecule has 0 fully saturated rings. The SMILES string of the molecule is NCc1cncc(N2CCc3ccccc32)n1. The normalized spacial score (nSPS) is 13.8. The van der Waals surface area contributed by atoms with Crippen LogP contribution in [0.4, 0.5) is 11.5 Å². The van der Waals surface area contributed by atoms with E-state index in [0.29, 0.717) is 6.54 Å². The summed E-state index contributed by atoms with van der Waals surface area (Å²) in [6, 6.07) is 8.41. The highest BCUT2D eigenvalue weighted by Gasteiger charge is 2.20. The van der Waals surface area contributed by atoms with Gasteiger partial charge in [0, 0.05) is 25.0 Å². The Morgan fingerprint density at radius 3 is 3.00 bits per heavy atom. The van der Waals surface area contributed by atoms with Crippen LogP contribution in [-0.4, -0.2) is 16.5 Å². The first-order chi connectivity index (χ1) is 8.38. The monoisotopic (exact) mass is 226 g/mol. The molecule has 2 aromatic rings. The second kappa shape index (κ2) is 4.14. The number of rotatable bonds is 2. The number of benzene rings is 1. The molecule has 86 valence electrons. The third kappa shape index (κ3) is 1.76. The fourth-order valence-corrected chi connectivity index (χ4v) is 2.20. The summed E-state index contributed by atoms with van der Waals surface area (Å²) >= 11 is 0. The Balaban J connectivity index is 2.01. The second-order valence-electron chi connectivity index (χ2n) is 4.10. The average molecular weight is 226 g/mol. The van der Waals surface area contributed by atoms with Gasteiger partial charge in [-0.1, -0.05) is 18.2 Å². The smallest absolute Gasteiger partial charge is 0.151 e. The topological polar surface area (TPSA) is 55.0 Å². The van der Waals surface area contributed by atoms with Gasteiger partial charge >= 0.3 is 0 Å². The molecule has 0 amide bonds. The maximum absolute atomic E-state index is 5.59. The van der Waals surface area contributed by atoms with Crippen molar-refractivity contribution in [1.82, 2.24) is 9.97 Å². The molecule has 1 aliphatic heterocycles. The lowest BCUT2D eigenvalue weighted by atomic mass is 10.2. The lowest BCUT2D eigenvalue weighted by Gasteiger charge is -2.18. The lowest BCUT2D eigenvalue weighted by molar-refractivity contribution is 0.915. The van der Waals surface area contributed by atoms with Crippen LogP contribution >= 0.6 is 0 Å². The predicted octanol–water partition coefficient (Wildman–Crippen LogP) is 1.63. The van der Waals surface area contributed by atoms with E-state index in [1.165, 1.54) is 11.3 Å². The van der Waals surface area contributed by atoms with Crippen LogP contribution in [0.5, 0.6) is 0 Å². The third-order valence-electron chi connectivity index (χ3n) is 3.04. The average Bonchev–Trinajstić information content (AvgIpc) is 2.82. The summed E-state index contributed by atoms with van der Waals surface area (Å²) in [7, 11) is 0. The van der Waals surface area contributed by atoms with E-state index in [2.05, 4.69) is 39.1 Å². The number of para-hydroxylation sites is 1. The summed E-state index contributed by atoms with van der Waals surface area (Å²) in [4.78, 5) is 10.9. The molecule has 0 saturated carbocycles. The van der Waals surface area contributed by atoms with E-state index < -0.39 is 0 Å². The van der Waals surface area contributed by atoms with Crippen molar-refractivity contribution in [2.75, 3.05) is 11.4 Å². The number of anilines is 2. The molecular weight excluding hydrogens is 212 g/mol. The number of nitrogens with zero attached hydrogens (tertiary/aromatic N) is 3. The Morgan fingerprint density at radius 1 is 1.24 bits per heavy atom. The van der Waals surface area contributed by atoms with Gasteiger partial charge in [0.25, 0.3) is 0 Å². The van der Waals surface area contributed by atoms with Crippen LogP contribution in [0.25, 0.3) is 0 Å². The van der Waals surface area contributed by atoms with Crippen LogP contribution in [0.3, 0.4) is 0 Å². The molecule has 1 aromatic carbocycles. The van der Waals surface area contributed by atoms with E-state index in [4.69, 9.17) is 5.73 Å². The van der Waals surface area contributed by atoms with Crippen molar-refractivity contribution in [3.8, 4) is 0 Å². The van der Waals surface area contributed by atoms with Crippen LogP contribution in [0, 0.1) is 0 Å². The van der Waals surface area contributed by atoms with E-state index >= 15 is 0 Å². The summed E-state index contributed by atoms with van der Waals surface area (Å²) in [5, 5.41) is 0. The first kappa shape index (κ1) is 10.2. The first-order valence-corrected chi connectivity index (χ1v) is 5.75. The Kier molecular flexibility index (Phi) is 2.49. The maximum atomic E-state index is 5.59. The molecule has 0 saturated heterocycles. The summed E-state index contributed by atoms with van der Waals surface area (Å²) < 4.78 is 0. The van der Waals surface area contributed by atoms with Crippen molar-refractivity contribution in [2.45, 2.75) is 13.0 Å². The third-order valence-corrected chi connectivity index (χ3v) is 3.04. The molecule has 3 rings (SSSR count). The number of hydrogen-bond donors (Lipinski definition) is 1. The predicted molar refractivity (Wildman–Crippen MR) is 67.1 cm³/mol. The van der Waals surface area contributed by atoms with Gasteiger partial charge in [0.05, 0.1) is 11.9 Å². The zero-order valence-corrected chi connectivity index (χ0v) is 9.50. The minimum absolute atomic E-state index is 0.427. The van der Waals surface area contributed by atoms with Gasteiger partial charge in [-0.05, 0) is 18.1 Å². The van der Waals surface area contributed by atoms with Crippen molar-refractivity contribution in [2.24, 2.45) is 5.73 Å². The van der Waals surface area contributed by atoms with E-state index in [0.717, 1.165) is 24.5 Å². The van der Waals surface area contributed by atoms with Crippen LogP contribution in [0.2, 0.25) is 0 Å². The molecule has 0 radical (unpaired) electrons. The van der Waals surface area contributed by atoms with Crippen LogP contribution in [0.15, 0.2) is 36.7 Å². The Morgan fingerprint density at radius 2 is 2.12 bits per heavy atom. The summed E-state index contributed by atoms with van der Waals surface area (Å²) in [5.74, 6) is 0.887. The zero-order chi connectivity index (χ0) is 11.7. The quantitative estimate of drug-likeness (QED) is 0.845. The van der Waals surface area contributed by atoms with E-state index in [-0.39, 0.29) is 0 Å². The fraction of sp³-hybridized carbons (Fsp3) is 0.231. The van der Waals surface area contributed by atoms with Gasteiger partial charge in [0.15, 0.2) is 5.82 Å². The molecule has 4 nitrogen and oxygen atoms in total. The van der Waals surface area contributed by atoms with Crippen LogP contribution < -0.4 is 10.6 Å². The summed E-state index contributed by atoms with van der Waals surface area (Å²) in [6.45, 7) is 1.39. The van der Waals surface area contributed by atoms with Gasteiger partial charge in [-0.25, -0.2) is 4.98 Å². The molecule has 2 heterocycles. The zero-order valence-electron chi connectivity index (χ0n) is 9.50. The largest absolute Gasteiger partial charge is 0.325 e. The Hall–Kier alpha value is -1.94. The van der Waals surface area contributed by atoms with E-state index in [1.807, 2.05) is 0 Å². The van der Waals surface area contributed by atoms with E-state index in [9.17, 15) is 0 Å². The Bertz CT molecular complexity index is 538. The first-order valence-electron chi connectivity index (χ1n) is 5.75. The van der Waals surface area contributed by atoms with E-state index in [1.54, 1.807) is 12.4 Å². The minimum Gasteiger partial charge on any atom is -0.325 e. The van der Waals surface area contributed by atoms with Gasteiger partial charge in [-0.2, -0.15) is 0 Å². The highest BCUT2D eigenvalue weighted by molar-refractivity contribution is 5.66. The number of hydrogen-bond acceptors (Lipinski definition) is 4. The molecule has 17 heavy (non-hydrogen) atoms. The van der Waals surface area contributed by atoms with Gasteiger partial charge in [0.2, 0.25) is 0 Å². The fourth-order valence-electron chi connectivity index (χ4n) is 2.20. The maximum Gasteiger partial charge on any atom is 0.151 e. The van der Waals surface area contributed by atoms with Crippen molar-refractivity contribution >= 4 is 11.5 Å². The van der Waals surface area contributed by atoms with Crippen LogP contribution in [0.1, 0.15) is 11.3 Å². The highest BCUT2D eigenvalue weighted by atomic mass is 15.2. The van der Waals surface area contributed by atoms with Crippen molar-refractivity contribution in [3.63, 3.8) is 0 Å². The highest BCUT2D eigenvalue weighted by Crippen LogP contribution is 2.32. The van der Waals surface area contributed by atoms with Gasteiger partial charge in [-0.15, -0.1) is 0 Å². The molecule has 1 aliphatic rings. The van der Waals surface area contributed by atoms with Gasteiger partial charge < -0.3 is 10.6 Å². The van der Waals surface area contributed by atoms with Crippen molar-refractivity contribution < 1.29 is 0 Å². The number of nitrogens with two attached hydrogens (primary N) is 1. The number of aromatic nitrogens is 2. The molecule has 4 heteroatoms. The van der Waals surface area contributed by atoms with Crippen molar-refractivity contribution in [1.29, 1.82) is 0 Å². The standard InChI is InChI=1S/C13H14N4/c14-7-11-8-15-9-13(16-11)17-6-5-10-3-1-2-4-12(10)17/h1-4,8-9H,5-7,14H2. The molecule has 0 spiro atoms. The Labute approximate surface area is 100 Å². The second-order valence-corrected chi connectivity index (χ2v) is 4.10. The molecule has 1 aromatic heterocycles. The molecule has 2 N–H and O–H groups in total. The molecule has 0 unspecified atom stereocenters.